The molecule has 0 amide bonds. The first-order chi connectivity index (χ1) is 12.1. The Kier molecular flexibility index (Phi) is 9.32. The summed E-state index contributed by atoms with van der Waals surface area (Å²) in [5.41, 5.74) is 2.31. The average molecular weight is 473 g/mol. The normalized spacial score (nSPS) is 10.9. The number of nitrogens with one attached hydrogen (secondary N) is 2. The highest BCUT2D eigenvalue weighted by molar-refractivity contribution is 14.0. The molecule has 2 N–H and O–H groups in total. The van der Waals surface area contributed by atoms with Gasteiger partial charge in [0.25, 0.3) is 0 Å². The van der Waals surface area contributed by atoms with Gasteiger partial charge >= 0.3 is 0 Å². The van der Waals surface area contributed by atoms with E-state index in [9.17, 15) is 0 Å². The number of ether oxygens (including phenoxy) is 2. The van der Waals surface area contributed by atoms with Crippen LogP contribution >= 0.6 is 24.0 Å². The van der Waals surface area contributed by atoms with Crippen LogP contribution in [0.2, 0.25) is 0 Å². The molecule has 0 aliphatic carbocycles. The first-order valence-corrected chi connectivity index (χ1v) is 8.28. The lowest BCUT2D eigenvalue weighted by Gasteiger charge is -2.13. The number of halogens is 1. The molecule has 7 heteroatoms. The highest BCUT2D eigenvalue weighted by Crippen LogP contribution is 2.27. The summed E-state index contributed by atoms with van der Waals surface area (Å²) in [6, 6.07) is 8.00. The van der Waals surface area contributed by atoms with Gasteiger partial charge in [-0.1, -0.05) is 6.07 Å². The Balaban J connectivity index is 0.00000338. The lowest BCUT2D eigenvalue weighted by molar-refractivity contribution is 0.354. The molecule has 0 saturated carbocycles. The average Bonchev–Trinajstić information content (AvgIpc) is 2.95. The van der Waals surface area contributed by atoms with Gasteiger partial charge in [-0.2, -0.15) is 0 Å². The van der Waals surface area contributed by atoms with Crippen LogP contribution < -0.4 is 20.1 Å². The fraction of sp³-hybridized carbons (Fsp3) is 0.421. The summed E-state index contributed by atoms with van der Waals surface area (Å²) in [4.78, 5) is 4.25. The maximum atomic E-state index is 5.54. The van der Waals surface area contributed by atoms with Crippen LogP contribution in [0.1, 0.15) is 22.6 Å². The van der Waals surface area contributed by atoms with Crippen molar-refractivity contribution >= 4 is 29.9 Å². The zero-order valence-electron chi connectivity index (χ0n) is 16.0. The summed E-state index contributed by atoms with van der Waals surface area (Å²) in [5.74, 6) is 4.10. The summed E-state index contributed by atoms with van der Waals surface area (Å²) in [5, 5.41) is 6.62. The van der Waals surface area contributed by atoms with Crippen LogP contribution in [0.25, 0.3) is 0 Å². The molecule has 6 nitrogen and oxygen atoms in total. The molecule has 0 atom stereocenters. The van der Waals surface area contributed by atoms with Crippen molar-refractivity contribution < 1.29 is 13.9 Å². The first-order valence-electron chi connectivity index (χ1n) is 8.28. The van der Waals surface area contributed by atoms with Crippen molar-refractivity contribution in [3.8, 4) is 11.5 Å². The Labute approximate surface area is 172 Å². The number of aliphatic imine (C=N–C) groups is 1. The van der Waals surface area contributed by atoms with Crippen LogP contribution in [0.15, 0.2) is 33.7 Å². The summed E-state index contributed by atoms with van der Waals surface area (Å²) in [6.07, 6.45) is 0.852. The predicted molar refractivity (Wildman–Crippen MR) is 115 cm³/mol. The number of hydrogen-bond acceptors (Lipinski definition) is 4. The second-order valence-electron chi connectivity index (χ2n) is 5.73. The van der Waals surface area contributed by atoms with E-state index in [4.69, 9.17) is 13.9 Å². The van der Waals surface area contributed by atoms with Crippen molar-refractivity contribution in [1.82, 2.24) is 10.6 Å². The topological polar surface area (TPSA) is 68.0 Å². The zero-order valence-corrected chi connectivity index (χ0v) is 18.3. The Hall–Kier alpha value is -1.90. The molecule has 0 spiro atoms. The molecular formula is C19H28IN3O3. The van der Waals surface area contributed by atoms with Crippen molar-refractivity contribution in [2.24, 2.45) is 4.99 Å². The number of aryl methyl sites for hydroxylation is 2. The largest absolute Gasteiger partial charge is 0.493 e. The predicted octanol–water partition coefficient (Wildman–Crippen LogP) is 3.44. The molecule has 0 fully saturated rings. The zero-order chi connectivity index (χ0) is 18.2. The smallest absolute Gasteiger partial charge is 0.191 e. The van der Waals surface area contributed by atoms with Crippen molar-refractivity contribution in [2.75, 3.05) is 27.8 Å². The quantitative estimate of drug-likeness (QED) is 0.367. The monoisotopic (exact) mass is 473 g/mol. The summed E-state index contributed by atoms with van der Waals surface area (Å²) in [6.45, 7) is 5.36. The lowest BCUT2D eigenvalue weighted by atomic mass is 10.1. The van der Waals surface area contributed by atoms with Gasteiger partial charge in [0.05, 0.1) is 14.2 Å². The van der Waals surface area contributed by atoms with Gasteiger partial charge in [0.15, 0.2) is 17.5 Å². The number of nitrogens with zero attached hydrogens (tertiary/aromatic N) is 1. The molecule has 0 aliphatic rings. The van der Waals surface area contributed by atoms with Crippen LogP contribution in [0, 0.1) is 13.8 Å². The SMILES string of the molecule is CN=C(NCCc1ccc(OC)c(OC)c1)NCc1cc(C)oc1C.I. The molecular weight excluding hydrogens is 445 g/mol. The van der Waals surface area contributed by atoms with Gasteiger partial charge in [-0.3, -0.25) is 4.99 Å². The maximum Gasteiger partial charge on any atom is 0.191 e. The highest BCUT2D eigenvalue weighted by atomic mass is 127. The third-order valence-electron chi connectivity index (χ3n) is 3.97. The molecule has 1 aromatic carbocycles. The third-order valence-corrected chi connectivity index (χ3v) is 3.97. The Morgan fingerprint density at radius 3 is 2.38 bits per heavy atom. The van der Waals surface area contributed by atoms with Crippen molar-refractivity contribution in [3.63, 3.8) is 0 Å². The number of guanidine groups is 1. The van der Waals surface area contributed by atoms with E-state index < -0.39 is 0 Å². The van der Waals surface area contributed by atoms with Gasteiger partial charge in [-0.25, -0.2) is 0 Å². The molecule has 0 aliphatic heterocycles. The molecule has 0 bridgehead atoms. The molecule has 0 radical (unpaired) electrons. The minimum absolute atomic E-state index is 0. The second kappa shape index (κ2) is 10.9. The third kappa shape index (κ3) is 6.12. The highest BCUT2D eigenvalue weighted by Gasteiger charge is 2.07. The molecule has 144 valence electrons. The van der Waals surface area contributed by atoms with Crippen LogP contribution in [-0.2, 0) is 13.0 Å². The summed E-state index contributed by atoms with van der Waals surface area (Å²) in [7, 11) is 5.04. The van der Waals surface area contributed by atoms with Crippen molar-refractivity contribution in [1.29, 1.82) is 0 Å². The van der Waals surface area contributed by atoms with Crippen molar-refractivity contribution in [3.05, 3.63) is 46.9 Å². The maximum absolute atomic E-state index is 5.54. The molecule has 1 heterocycles. The van der Waals surface area contributed by atoms with E-state index in [1.165, 1.54) is 5.56 Å². The van der Waals surface area contributed by atoms with E-state index in [1.54, 1.807) is 21.3 Å². The minimum atomic E-state index is 0. The number of furan rings is 1. The van der Waals surface area contributed by atoms with Crippen LogP contribution in [0.5, 0.6) is 11.5 Å². The van der Waals surface area contributed by atoms with Gasteiger partial charge in [-0.15, -0.1) is 24.0 Å². The molecule has 0 unspecified atom stereocenters. The minimum Gasteiger partial charge on any atom is -0.493 e. The summed E-state index contributed by atoms with van der Waals surface area (Å²) >= 11 is 0. The molecule has 2 rings (SSSR count). The number of rotatable bonds is 7. The van der Waals surface area contributed by atoms with Crippen LogP contribution in [0.4, 0.5) is 0 Å². The van der Waals surface area contributed by atoms with Crippen molar-refractivity contribution in [2.45, 2.75) is 26.8 Å². The Morgan fingerprint density at radius 1 is 1.08 bits per heavy atom. The Bertz CT molecular complexity index is 729. The van der Waals surface area contributed by atoms with E-state index in [-0.39, 0.29) is 24.0 Å². The first kappa shape index (κ1) is 22.1. The Morgan fingerprint density at radius 2 is 1.81 bits per heavy atom. The number of hydrogen-bond donors (Lipinski definition) is 2. The van der Waals surface area contributed by atoms with Crippen LogP contribution in [-0.4, -0.2) is 33.8 Å². The number of methoxy groups -OCH3 is 2. The van der Waals surface area contributed by atoms with E-state index in [0.717, 1.165) is 47.5 Å². The van der Waals surface area contributed by atoms with E-state index in [0.29, 0.717) is 6.54 Å². The standard InChI is InChI=1S/C19H27N3O3.HI/c1-13-10-16(14(2)25-13)12-22-19(20-3)21-9-8-15-6-7-17(23-4)18(11-15)24-5;/h6-7,10-11H,8-9,12H2,1-5H3,(H2,20,21,22);1H. The van der Waals surface area contributed by atoms with Gasteiger partial charge in [-0.05, 0) is 44.0 Å². The fourth-order valence-corrected chi connectivity index (χ4v) is 2.62. The van der Waals surface area contributed by atoms with Crippen LogP contribution in [0.3, 0.4) is 0 Å². The van der Waals surface area contributed by atoms with E-state index in [1.807, 2.05) is 38.1 Å². The fourth-order valence-electron chi connectivity index (χ4n) is 2.62. The van der Waals surface area contributed by atoms with Gasteiger partial charge in [0.1, 0.15) is 11.5 Å². The second-order valence-corrected chi connectivity index (χ2v) is 5.73. The molecule has 1 aromatic heterocycles. The lowest BCUT2D eigenvalue weighted by Crippen LogP contribution is -2.37. The molecule has 2 aromatic rings. The molecule has 0 saturated heterocycles. The van der Waals surface area contributed by atoms with Gasteiger partial charge in [0, 0.05) is 25.7 Å². The van der Waals surface area contributed by atoms with E-state index in [2.05, 4.69) is 15.6 Å². The number of benzene rings is 1. The van der Waals surface area contributed by atoms with E-state index >= 15 is 0 Å². The molecule has 26 heavy (non-hydrogen) atoms. The summed E-state index contributed by atoms with van der Waals surface area (Å²) < 4.78 is 16.1. The van der Waals surface area contributed by atoms with Gasteiger partial charge in [0.2, 0.25) is 0 Å². The van der Waals surface area contributed by atoms with Gasteiger partial charge < -0.3 is 24.5 Å².